The van der Waals surface area contributed by atoms with Crippen molar-refractivity contribution < 1.29 is 13.9 Å². The van der Waals surface area contributed by atoms with Crippen LogP contribution in [-0.4, -0.2) is 16.3 Å². The standard InChI is InChI=1S/C11H6BrFN2O2/c12-9-2-1-8(13)3-10(9)17-11-14-4-7(6-16)5-15-11/h1-6H. The van der Waals surface area contributed by atoms with Crippen molar-refractivity contribution in [1.82, 2.24) is 9.97 Å². The van der Waals surface area contributed by atoms with Crippen LogP contribution in [0.25, 0.3) is 0 Å². The van der Waals surface area contributed by atoms with E-state index in [1.54, 1.807) is 0 Å². The third-order valence-corrected chi connectivity index (χ3v) is 2.53. The maximum absolute atomic E-state index is 13.0. The van der Waals surface area contributed by atoms with Gasteiger partial charge in [0.05, 0.1) is 10.0 Å². The number of aldehydes is 1. The van der Waals surface area contributed by atoms with Gasteiger partial charge in [0.2, 0.25) is 0 Å². The first-order chi connectivity index (χ1) is 8.19. The Labute approximate surface area is 105 Å². The number of aromatic nitrogens is 2. The van der Waals surface area contributed by atoms with E-state index in [9.17, 15) is 9.18 Å². The van der Waals surface area contributed by atoms with Gasteiger partial charge in [0.1, 0.15) is 11.6 Å². The third kappa shape index (κ3) is 2.85. The Morgan fingerprint density at radius 2 is 2.00 bits per heavy atom. The van der Waals surface area contributed by atoms with E-state index >= 15 is 0 Å². The van der Waals surface area contributed by atoms with Crippen LogP contribution in [0.4, 0.5) is 4.39 Å². The number of carbonyl (C=O) groups excluding carboxylic acids is 1. The Kier molecular flexibility index (Phi) is 3.43. The Morgan fingerprint density at radius 1 is 1.29 bits per heavy atom. The molecule has 0 fully saturated rings. The molecule has 0 aliphatic carbocycles. The van der Waals surface area contributed by atoms with Crippen molar-refractivity contribution in [3.63, 3.8) is 0 Å². The molecule has 0 amide bonds. The highest BCUT2D eigenvalue weighted by molar-refractivity contribution is 9.10. The number of rotatable bonds is 3. The van der Waals surface area contributed by atoms with Crippen molar-refractivity contribution in [2.24, 2.45) is 0 Å². The van der Waals surface area contributed by atoms with Gasteiger partial charge < -0.3 is 4.74 Å². The maximum Gasteiger partial charge on any atom is 0.321 e. The summed E-state index contributed by atoms with van der Waals surface area (Å²) >= 11 is 3.21. The van der Waals surface area contributed by atoms with Crippen LogP contribution < -0.4 is 4.74 Å². The molecule has 1 aromatic heterocycles. The van der Waals surface area contributed by atoms with E-state index in [1.807, 2.05) is 0 Å². The highest BCUT2D eigenvalue weighted by Gasteiger charge is 2.06. The number of hydrogen-bond acceptors (Lipinski definition) is 4. The second-order valence-electron chi connectivity index (χ2n) is 3.09. The first kappa shape index (κ1) is 11.7. The number of carbonyl (C=O) groups is 1. The monoisotopic (exact) mass is 296 g/mol. The van der Waals surface area contributed by atoms with E-state index in [-0.39, 0.29) is 11.8 Å². The zero-order valence-corrected chi connectivity index (χ0v) is 10.0. The van der Waals surface area contributed by atoms with E-state index in [0.717, 1.165) is 0 Å². The second-order valence-corrected chi connectivity index (χ2v) is 3.95. The molecule has 0 unspecified atom stereocenters. The number of ether oxygens (including phenoxy) is 1. The van der Waals surface area contributed by atoms with Gasteiger partial charge in [-0.3, -0.25) is 4.79 Å². The fraction of sp³-hybridized carbons (Fsp3) is 0. The second kappa shape index (κ2) is 5.01. The zero-order valence-electron chi connectivity index (χ0n) is 8.43. The van der Waals surface area contributed by atoms with Crippen LogP contribution in [0.5, 0.6) is 11.8 Å². The van der Waals surface area contributed by atoms with Crippen molar-refractivity contribution in [2.75, 3.05) is 0 Å². The largest absolute Gasteiger partial charge is 0.423 e. The molecule has 17 heavy (non-hydrogen) atoms. The molecule has 0 radical (unpaired) electrons. The predicted octanol–water partition coefficient (Wildman–Crippen LogP) is 2.98. The summed E-state index contributed by atoms with van der Waals surface area (Å²) in [5, 5.41) is 0. The Balaban J connectivity index is 2.24. The van der Waals surface area contributed by atoms with Crippen LogP contribution in [-0.2, 0) is 0 Å². The number of hydrogen-bond donors (Lipinski definition) is 0. The summed E-state index contributed by atoms with van der Waals surface area (Å²) in [4.78, 5) is 18.0. The summed E-state index contributed by atoms with van der Waals surface area (Å²) in [6.45, 7) is 0. The first-order valence-electron chi connectivity index (χ1n) is 4.59. The van der Waals surface area contributed by atoms with Gasteiger partial charge in [-0.25, -0.2) is 14.4 Å². The number of nitrogens with zero attached hydrogens (tertiary/aromatic N) is 2. The van der Waals surface area contributed by atoms with Gasteiger partial charge in [-0.2, -0.15) is 0 Å². The molecule has 0 aliphatic heterocycles. The lowest BCUT2D eigenvalue weighted by Crippen LogP contribution is -1.94. The molecule has 0 atom stereocenters. The summed E-state index contributed by atoms with van der Waals surface area (Å²) in [6.07, 6.45) is 3.27. The molecular weight excluding hydrogens is 291 g/mol. The summed E-state index contributed by atoms with van der Waals surface area (Å²) in [5.41, 5.74) is 0.343. The smallest absolute Gasteiger partial charge is 0.321 e. The van der Waals surface area contributed by atoms with Crippen LogP contribution in [0.1, 0.15) is 10.4 Å². The minimum Gasteiger partial charge on any atom is -0.423 e. The molecule has 0 aliphatic rings. The van der Waals surface area contributed by atoms with Crippen LogP contribution in [0.2, 0.25) is 0 Å². The van der Waals surface area contributed by atoms with Crippen molar-refractivity contribution in [2.45, 2.75) is 0 Å². The first-order valence-corrected chi connectivity index (χ1v) is 5.38. The summed E-state index contributed by atoms with van der Waals surface area (Å²) in [5.74, 6) is -0.156. The number of halogens is 2. The molecule has 4 nitrogen and oxygen atoms in total. The van der Waals surface area contributed by atoms with Crippen molar-refractivity contribution in [3.05, 3.63) is 46.4 Å². The molecule has 0 N–H and O–H groups in total. The van der Waals surface area contributed by atoms with Gasteiger partial charge in [0.15, 0.2) is 6.29 Å². The van der Waals surface area contributed by atoms with E-state index in [4.69, 9.17) is 4.74 Å². The topological polar surface area (TPSA) is 52.1 Å². The Morgan fingerprint density at radius 3 is 2.65 bits per heavy atom. The molecular formula is C11H6BrFN2O2. The summed E-state index contributed by atoms with van der Waals surface area (Å²) < 4.78 is 18.8. The molecule has 2 rings (SSSR count). The van der Waals surface area contributed by atoms with Gasteiger partial charge in [-0.15, -0.1) is 0 Å². The van der Waals surface area contributed by atoms with Gasteiger partial charge in [-0.05, 0) is 28.1 Å². The van der Waals surface area contributed by atoms with Crippen LogP contribution in [0.3, 0.4) is 0 Å². The van der Waals surface area contributed by atoms with E-state index in [2.05, 4.69) is 25.9 Å². The van der Waals surface area contributed by atoms with E-state index in [0.29, 0.717) is 16.3 Å². The molecule has 0 spiro atoms. The molecule has 1 heterocycles. The van der Waals surface area contributed by atoms with Crippen molar-refractivity contribution >= 4 is 22.2 Å². The van der Waals surface area contributed by atoms with Gasteiger partial charge in [0.25, 0.3) is 0 Å². The Bertz CT molecular complexity index is 546. The van der Waals surface area contributed by atoms with Crippen molar-refractivity contribution in [3.8, 4) is 11.8 Å². The molecule has 2 aromatic rings. The summed E-state index contributed by atoms with van der Waals surface area (Å²) in [6, 6.07) is 4.07. The van der Waals surface area contributed by atoms with Crippen LogP contribution in [0, 0.1) is 5.82 Å². The molecule has 0 saturated heterocycles. The molecule has 86 valence electrons. The van der Waals surface area contributed by atoms with Gasteiger partial charge in [0, 0.05) is 18.5 Å². The average Bonchev–Trinajstić information content (AvgIpc) is 2.35. The normalized spacial score (nSPS) is 10.0. The van der Waals surface area contributed by atoms with Gasteiger partial charge in [-0.1, -0.05) is 0 Å². The minimum absolute atomic E-state index is 0.0434. The lowest BCUT2D eigenvalue weighted by atomic mass is 10.3. The molecule has 1 aromatic carbocycles. The van der Waals surface area contributed by atoms with E-state index in [1.165, 1.54) is 30.6 Å². The molecule has 0 bridgehead atoms. The predicted molar refractivity (Wildman–Crippen MR) is 61.6 cm³/mol. The Hall–Kier alpha value is -1.82. The van der Waals surface area contributed by atoms with Crippen LogP contribution in [0.15, 0.2) is 35.1 Å². The van der Waals surface area contributed by atoms with E-state index < -0.39 is 5.82 Å². The number of benzene rings is 1. The zero-order chi connectivity index (χ0) is 12.3. The third-order valence-electron chi connectivity index (χ3n) is 1.88. The SMILES string of the molecule is O=Cc1cnc(Oc2cc(F)ccc2Br)nc1. The maximum atomic E-state index is 13.0. The lowest BCUT2D eigenvalue weighted by molar-refractivity contribution is 0.112. The lowest BCUT2D eigenvalue weighted by Gasteiger charge is -2.05. The van der Waals surface area contributed by atoms with Gasteiger partial charge >= 0.3 is 6.01 Å². The quantitative estimate of drug-likeness (QED) is 0.817. The fourth-order valence-electron chi connectivity index (χ4n) is 1.09. The summed E-state index contributed by atoms with van der Waals surface area (Å²) in [7, 11) is 0. The molecule has 0 saturated carbocycles. The highest BCUT2D eigenvalue weighted by atomic mass is 79.9. The average molecular weight is 297 g/mol. The van der Waals surface area contributed by atoms with Crippen LogP contribution >= 0.6 is 15.9 Å². The van der Waals surface area contributed by atoms with Crippen molar-refractivity contribution in [1.29, 1.82) is 0 Å². The highest BCUT2D eigenvalue weighted by Crippen LogP contribution is 2.28. The minimum atomic E-state index is -0.423. The fourth-order valence-corrected chi connectivity index (χ4v) is 1.42. The molecule has 6 heteroatoms.